The number of rotatable bonds is 10. The Morgan fingerprint density at radius 3 is 2.39 bits per heavy atom. The number of aromatic nitrogens is 1. The number of benzene rings is 3. The molecule has 5 rings (SSSR count). The zero-order valence-electron chi connectivity index (χ0n) is 25.5. The van der Waals surface area contributed by atoms with Crippen LogP contribution in [0.4, 0.5) is 4.39 Å². The Kier molecular flexibility index (Phi) is 9.32. The van der Waals surface area contributed by atoms with Gasteiger partial charge in [0, 0.05) is 23.2 Å². The van der Waals surface area contributed by atoms with Gasteiger partial charge in [-0.25, -0.2) is 9.18 Å². The van der Waals surface area contributed by atoms with Gasteiger partial charge in [-0.2, -0.15) is 0 Å². The number of nitrogens with zero attached hydrogens (tertiary/aromatic N) is 1. The van der Waals surface area contributed by atoms with E-state index in [1.165, 1.54) is 12.1 Å². The Balaban J connectivity index is 1.60. The van der Waals surface area contributed by atoms with Crippen LogP contribution in [0.5, 0.6) is 11.5 Å². The molecule has 8 heteroatoms. The van der Waals surface area contributed by atoms with Gasteiger partial charge in [-0.3, -0.25) is 4.98 Å². The lowest BCUT2D eigenvalue weighted by Gasteiger charge is -2.29. The van der Waals surface area contributed by atoms with Crippen LogP contribution >= 0.6 is 0 Å². The average molecular weight is 600 g/mol. The molecule has 44 heavy (non-hydrogen) atoms. The molecule has 1 unspecified atom stereocenters. The van der Waals surface area contributed by atoms with Crippen molar-refractivity contribution in [3.63, 3.8) is 0 Å². The minimum atomic E-state index is -1.30. The molecule has 230 valence electrons. The Hall–Kier alpha value is -4.27. The maximum absolute atomic E-state index is 13.2. The summed E-state index contributed by atoms with van der Waals surface area (Å²) >= 11 is 0. The van der Waals surface area contributed by atoms with Crippen LogP contribution in [0.2, 0.25) is 0 Å². The molecule has 4 aromatic rings. The maximum atomic E-state index is 13.2. The van der Waals surface area contributed by atoms with Crippen molar-refractivity contribution in [3.8, 4) is 33.8 Å². The molecule has 1 atom stereocenters. The summed E-state index contributed by atoms with van der Waals surface area (Å²) in [6.07, 6.45) is 1.06. The van der Waals surface area contributed by atoms with Gasteiger partial charge in [0.25, 0.3) is 0 Å². The van der Waals surface area contributed by atoms with E-state index in [1.807, 2.05) is 63.2 Å². The SMILES string of the molecule is Cc1nc(CO)c(-c2ccc(OCCc3ccc(F)cc3)cc2)c(-c2ccc3c(c2)CCCO3)c1C(OC(C)(C)C)C(=O)O. The van der Waals surface area contributed by atoms with Crippen molar-refractivity contribution in [1.82, 2.24) is 4.98 Å². The molecule has 0 radical (unpaired) electrons. The van der Waals surface area contributed by atoms with Gasteiger partial charge in [0.2, 0.25) is 0 Å². The molecule has 3 aromatic carbocycles. The second-order valence-corrected chi connectivity index (χ2v) is 11.9. The van der Waals surface area contributed by atoms with Crippen LogP contribution in [-0.4, -0.2) is 40.0 Å². The number of aliphatic hydroxyl groups is 1. The number of ether oxygens (including phenoxy) is 3. The van der Waals surface area contributed by atoms with E-state index >= 15 is 0 Å². The second kappa shape index (κ2) is 13.2. The summed E-state index contributed by atoms with van der Waals surface area (Å²) in [7, 11) is 0. The Morgan fingerprint density at radius 2 is 1.73 bits per heavy atom. The fourth-order valence-electron chi connectivity index (χ4n) is 5.58. The number of hydrogen-bond donors (Lipinski definition) is 2. The highest BCUT2D eigenvalue weighted by molar-refractivity contribution is 5.91. The normalized spacial score (nSPS) is 13.6. The van der Waals surface area contributed by atoms with E-state index in [4.69, 9.17) is 19.2 Å². The van der Waals surface area contributed by atoms with Crippen molar-refractivity contribution in [2.45, 2.75) is 65.3 Å². The lowest BCUT2D eigenvalue weighted by Crippen LogP contribution is -2.28. The van der Waals surface area contributed by atoms with Gasteiger partial charge < -0.3 is 24.4 Å². The van der Waals surface area contributed by atoms with Gasteiger partial charge in [0.1, 0.15) is 17.3 Å². The molecule has 2 N–H and O–H groups in total. The molecule has 0 saturated carbocycles. The molecule has 0 bridgehead atoms. The van der Waals surface area contributed by atoms with Crippen molar-refractivity contribution >= 4 is 5.97 Å². The van der Waals surface area contributed by atoms with Crippen LogP contribution in [0.15, 0.2) is 66.7 Å². The van der Waals surface area contributed by atoms with Crippen LogP contribution < -0.4 is 9.47 Å². The summed E-state index contributed by atoms with van der Waals surface area (Å²) in [5.74, 6) is 0.0664. The van der Waals surface area contributed by atoms with Crippen molar-refractivity contribution in [2.75, 3.05) is 13.2 Å². The molecule has 7 nitrogen and oxygen atoms in total. The number of aliphatic hydroxyl groups excluding tert-OH is 1. The van der Waals surface area contributed by atoms with E-state index in [0.29, 0.717) is 53.5 Å². The number of fused-ring (bicyclic) bond motifs is 1. The number of aliphatic carboxylic acids is 1. The quantitative estimate of drug-likeness (QED) is 0.198. The van der Waals surface area contributed by atoms with E-state index in [1.54, 1.807) is 19.1 Å². The lowest BCUT2D eigenvalue weighted by molar-refractivity contribution is -0.160. The third-order valence-electron chi connectivity index (χ3n) is 7.52. The molecule has 0 spiro atoms. The Labute approximate surface area is 257 Å². The Morgan fingerprint density at radius 1 is 1.02 bits per heavy atom. The molecule has 1 aromatic heterocycles. The third-order valence-corrected chi connectivity index (χ3v) is 7.52. The highest BCUT2D eigenvalue weighted by atomic mass is 19.1. The van der Waals surface area contributed by atoms with Crippen molar-refractivity contribution in [2.24, 2.45) is 0 Å². The summed E-state index contributed by atoms with van der Waals surface area (Å²) in [6, 6.07) is 19.7. The number of carboxylic acid groups (broad SMARTS) is 1. The topological polar surface area (TPSA) is 98.1 Å². The maximum Gasteiger partial charge on any atom is 0.337 e. The monoisotopic (exact) mass is 599 g/mol. The van der Waals surface area contributed by atoms with Gasteiger partial charge in [-0.05, 0) is 105 Å². The van der Waals surface area contributed by atoms with E-state index < -0.39 is 17.7 Å². The number of halogens is 1. The van der Waals surface area contributed by atoms with Crippen molar-refractivity contribution in [3.05, 3.63) is 101 Å². The minimum absolute atomic E-state index is 0.274. The molecule has 0 saturated heterocycles. The van der Waals surface area contributed by atoms with E-state index in [9.17, 15) is 19.4 Å². The molecule has 0 aliphatic carbocycles. The first kappa shape index (κ1) is 31.2. The second-order valence-electron chi connectivity index (χ2n) is 11.9. The number of hydrogen-bond acceptors (Lipinski definition) is 6. The minimum Gasteiger partial charge on any atom is -0.493 e. The standard InChI is InChI=1S/C36H38FNO6/c1-22-31(34(35(40)41)44-36(2,3)4)33(26-11-16-30-25(20-26)6-5-18-43-30)32(29(21-39)38-22)24-9-14-28(15-10-24)42-19-17-23-7-12-27(37)13-8-23/h7-16,20,34,39H,5-6,17-19,21H2,1-4H3,(H,40,41). The average Bonchev–Trinajstić information content (AvgIpc) is 3.00. The number of carboxylic acids is 1. The summed E-state index contributed by atoms with van der Waals surface area (Å²) in [4.78, 5) is 17.5. The Bertz CT molecular complexity index is 1630. The van der Waals surface area contributed by atoms with Crippen molar-refractivity contribution in [1.29, 1.82) is 0 Å². The number of pyridine rings is 1. The summed E-state index contributed by atoms with van der Waals surface area (Å²) in [5.41, 5.74) is 5.43. The highest BCUT2D eigenvalue weighted by Crippen LogP contribution is 2.44. The van der Waals surface area contributed by atoms with Crippen LogP contribution in [0.3, 0.4) is 0 Å². The first-order chi connectivity index (χ1) is 21.0. The predicted molar refractivity (Wildman–Crippen MR) is 166 cm³/mol. The van der Waals surface area contributed by atoms with Crippen LogP contribution in [0.1, 0.15) is 61.4 Å². The predicted octanol–water partition coefficient (Wildman–Crippen LogP) is 7.24. The first-order valence-corrected chi connectivity index (χ1v) is 14.8. The lowest BCUT2D eigenvalue weighted by atomic mass is 9.85. The van der Waals surface area contributed by atoms with Crippen LogP contribution in [-0.2, 0) is 29.0 Å². The molecule has 0 amide bonds. The number of aryl methyl sites for hydroxylation is 2. The largest absolute Gasteiger partial charge is 0.493 e. The zero-order valence-corrected chi connectivity index (χ0v) is 25.5. The van der Waals surface area contributed by atoms with Gasteiger partial charge >= 0.3 is 5.97 Å². The van der Waals surface area contributed by atoms with E-state index in [2.05, 4.69) is 0 Å². The molecule has 2 heterocycles. The van der Waals surface area contributed by atoms with Gasteiger partial charge in [-0.15, -0.1) is 0 Å². The van der Waals surface area contributed by atoms with Gasteiger partial charge in [-0.1, -0.05) is 30.3 Å². The van der Waals surface area contributed by atoms with Crippen LogP contribution in [0.25, 0.3) is 22.3 Å². The summed E-state index contributed by atoms with van der Waals surface area (Å²) in [6.45, 7) is 7.94. The smallest absolute Gasteiger partial charge is 0.337 e. The van der Waals surface area contributed by atoms with Gasteiger partial charge in [0.05, 0.1) is 31.1 Å². The third kappa shape index (κ3) is 7.09. The molecular weight excluding hydrogens is 561 g/mol. The fourth-order valence-corrected chi connectivity index (χ4v) is 5.58. The van der Waals surface area contributed by atoms with Crippen molar-refractivity contribution < 1.29 is 33.6 Å². The number of carbonyl (C=O) groups is 1. The first-order valence-electron chi connectivity index (χ1n) is 14.8. The fraction of sp³-hybridized carbons (Fsp3) is 0.333. The highest BCUT2D eigenvalue weighted by Gasteiger charge is 2.34. The zero-order chi connectivity index (χ0) is 31.4. The molecular formula is C36H38FNO6. The molecule has 1 aliphatic rings. The van der Waals surface area contributed by atoms with E-state index in [0.717, 1.165) is 40.8 Å². The summed E-state index contributed by atoms with van der Waals surface area (Å²) < 4.78 is 31.2. The summed E-state index contributed by atoms with van der Waals surface area (Å²) in [5, 5.41) is 20.9. The van der Waals surface area contributed by atoms with Crippen LogP contribution in [0, 0.1) is 12.7 Å². The molecule has 1 aliphatic heterocycles. The van der Waals surface area contributed by atoms with Gasteiger partial charge in [0.15, 0.2) is 6.10 Å². The molecule has 0 fully saturated rings. The van der Waals surface area contributed by atoms with E-state index in [-0.39, 0.29) is 12.4 Å².